The Morgan fingerprint density at radius 3 is 2.40 bits per heavy atom. The fourth-order valence-electron chi connectivity index (χ4n) is 1.62. The molecule has 0 aliphatic rings. The van der Waals surface area contributed by atoms with Crippen molar-refractivity contribution in [2.45, 2.75) is 27.2 Å². The van der Waals surface area contributed by atoms with Crippen LogP contribution in [0.2, 0.25) is 0 Å². The molecule has 0 saturated heterocycles. The maximum absolute atomic E-state index is 5.83. The molecule has 0 heterocycles. The minimum Gasteiger partial charge on any atom is -0.493 e. The summed E-state index contributed by atoms with van der Waals surface area (Å²) in [5, 5.41) is 0. The van der Waals surface area contributed by atoms with Gasteiger partial charge >= 0.3 is 0 Å². The molecule has 0 radical (unpaired) electrons. The molecular formula is C13H21NO. The Bertz CT molecular complexity index is 289. The Morgan fingerprint density at radius 1 is 1.27 bits per heavy atom. The summed E-state index contributed by atoms with van der Waals surface area (Å²) in [5.41, 5.74) is 7.91. The third-order valence-electron chi connectivity index (χ3n) is 2.58. The topological polar surface area (TPSA) is 35.2 Å². The molecule has 0 spiro atoms. The van der Waals surface area contributed by atoms with E-state index in [9.17, 15) is 0 Å². The number of hydrogen-bond acceptors (Lipinski definition) is 2. The average molecular weight is 207 g/mol. The first-order valence-electron chi connectivity index (χ1n) is 5.54. The van der Waals surface area contributed by atoms with E-state index in [-0.39, 0.29) is 0 Å². The molecule has 0 amide bonds. The third kappa shape index (κ3) is 3.56. The number of aryl methyl sites for hydroxylation is 2. The molecule has 1 unspecified atom stereocenters. The number of benzene rings is 1. The van der Waals surface area contributed by atoms with E-state index < -0.39 is 0 Å². The zero-order valence-electron chi connectivity index (χ0n) is 9.92. The van der Waals surface area contributed by atoms with Crippen LogP contribution in [0.4, 0.5) is 0 Å². The molecule has 0 bridgehead atoms. The van der Waals surface area contributed by atoms with E-state index in [1.54, 1.807) is 0 Å². The lowest BCUT2D eigenvalue weighted by Gasteiger charge is -2.15. The minimum atomic E-state index is 0.522. The first-order valence-corrected chi connectivity index (χ1v) is 5.54. The highest BCUT2D eigenvalue weighted by molar-refractivity contribution is 5.39. The lowest BCUT2D eigenvalue weighted by Crippen LogP contribution is -2.14. The second-order valence-electron chi connectivity index (χ2n) is 4.21. The van der Waals surface area contributed by atoms with Crippen LogP contribution in [0.15, 0.2) is 18.2 Å². The summed E-state index contributed by atoms with van der Waals surface area (Å²) in [4.78, 5) is 0. The second kappa shape index (κ2) is 5.76. The Balaban J connectivity index is 2.57. The van der Waals surface area contributed by atoms with Gasteiger partial charge in [0.05, 0.1) is 6.61 Å². The van der Waals surface area contributed by atoms with E-state index >= 15 is 0 Å². The van der Waals surface area contributed by atoms with Crippen LogP contribution >= 0.6 is 0 Å². The molecule has 0 aliphatic heterocycles. The van der Waals surface area contributed by atoms with Gasteiger partial charge in [-0.15, -0.1) is 0 Å². The number of para-hydroxylation sites is 1. The van der Waals surface area contributed by atoms with Gasteiger partial charge in [0.1, 0.15) is 5.75 Å². The lowest BCUT2D eigenvalue weighted by atomic mass is 10.1. The van der Waals surface area contributed by atoms with E-state index in [4.69, 9.17) is 10.5 Å². The molecule has 15 heavy (non-hydrogen) atoms. The molecule has 2 N–H and O–H groups in total. The van der Waals surface area contributed by atoms with Crippen molar-refractivity contribution in [3.05, 3.63) is 29.3 Å². The summed E-state index contributed by atoms with van der Waals surface area (Å²) in [6, 6.07) is 6.21. The fraction of sp³-hybridized carbons (Fsp3) is 0.538. The van der Waals surface area contributed by atoms with E-state index in [0.29, 0.717) is 5.92 Å². The normalized spacial score (nSPS) is 12.5. The van der Waals surface area contributed by atoms with Gasteiger partial charge in [-0.05, 0) is 43.9 Å². The van der Waals surface area contributed by atoms with Gasteiger partial charge in [-0.25, -0.2) is 0 Å². The molecule has 1 aromatic carbocycles. The van der Waals surface area contributed by atoms with Crippen molar-refractivity contribution in [2.24, 2.45) is 11.7 Å². The smallest absolute Gasteiger partial charge is 0.125 e. The number of nitrogens with two attached hydrogens (primary N) is 1. The van der Waals surface area contributed by atoms with Gasteiger partial charge in [-0.2, -0.15) is 0 Å². The van der Waals surface area contributed by atoms with Crippen LogP contribution in [-0.4, -0.2) is 13.2 Å². The van der Waals surface area contributed by atoms with Crippen molar-refractivity contribution in [1.29, 1.82) is 0 Å². The number of rotatable bonds is 5. The molecule has 2 heteroatoms. The van der Waals surface area contributed by atoms with Crippen LogP contribution in [-0.2, 0) is 0 Å². The maximum atomic E-state index is 5.83. The van der Waals surface area contributed by atoms with E-state index in [2.05, 4.69) is 39.0 Å². The average Bonchev–Trinajstić information content (AvgIpc) is 2.17. The Morgan fingerprint density at radius 2 is 1.87 bits per heavy atom. The highest BCUT2D eigenvalue weighted by atomic mass is 16.5. The highest BCUT2D eigenvalue weighted by Crippen LogP contribution is 2.23. The van der Waals surface area contributed by atoms with Crippen molar-refractivity contribution in [2.75, 3.05) is 13.2 Å². The molecule has 84 valence electrons. The largest absolute Gasteiger partial charge is 0.493 e. The monoisotopic (exact) mass is 207 g/mol. The number of hydrogen-bond donors (Lipinski definition) is 1. The Labute approximate surface area is 92.4 Å². The van der Waals surface area contributed by atoms with Crippen LogP contribution in [0.5, 0.6) is 5.75 Å². The summed E-state index contributed by atoms with van der Waals surface area (Å²) in [6.45, 7) is 7.81. The molecule has 0 fully saturated rings. The molecular weight excluding hydrogens is 186 g/mol. The predicted octanol–water partition coefficient (Wildman–Crippen LogP) is 2.67. The summed E-state index contributed by atoms with van der Waals surface area (Å²) < 4.78 is 5.83. The van der Waals surface area contributed by atoms with Crippen LogP contribution in [0, 0.1) is 19.8 Å². The molecule has 1 aromatic rings. The zero-order chi connectivity index (χ0) is 11.3. The van der Waals surface area contributed by atoms with Gasteiger partial charge in [0.25, 0.3) is 0 Å². The van der Waals surface area contributed by atoms with Crippen molar-refractivity contribution in [1.82, 2.24) is 0 Å². The number of ether oxygens (including phenoxy) is 1. The van der Waals surface area contributed by atoms with Crippen molar-refractivity contribution < 1.29 is 4.74 Å². The van der Waals surface area contributed by atoms with Gasteiger partial charge < -0.3 is 10.5 Å². The van der Waals surface area contributed by atoms with Crippen LogP contribution < -0.4 is 10.5 Å². The van der Waals surface area contributed by atoms with Crippen molar-refractivity contribution in [3.8, 4) is 5.75 Å². The van der Waals surface area contributed by atoms with Crippen LogP contribution in [0.3, 0.4) is 0 Å². The summed E-state index contributed by atoms with van der Waals surface area (Å²) >= 11 is 0. The van der Waals surface area contributed by atoms with Gasteiger partial charge in [-0.1, -0.05) is 25.1 Å². The Hall–Kier alpha value is -1.02. The Kier molecular flexibility index (Phi) is 4.63. The summed E-state index contributed by atoms with van der Waals surface area (Å²) in [7, 11) is 0. The molecule has 1 atom stereocenters. The molecule has 0 aliphatic carbocycles. The van der Waals surface area contributed by atoms with Crippen LogP contribution in [0.25, 0.3) is 0 Å². The zero-order valence-corrected chi connectivity index (χ0v) is 9.92. The SMILES string of the molecule is Cc1cccc(C)c1OCC(C)CCN. The molecule has 0 saturated carbocycles. The first-order chi connectivity index (χ1) is 7.15. The summed E-state index contributed by atoms with van der Waals surface area (Å²) in [6.07, 6.45) is 1.02. The minimum absolute atomic E-state index is 0.522. The fourth-order valence-corrected chi connectivity index (χ4v) is 1.62. The lowest BCUT2D eigenvalue weighted by molar-refractivity contribution is 0.251. The maximum Gasteiger partial charge on any atom is 0.125 e. The first kappa shape index (κ1) is 12.1. The van der Waals surface area contributed by atoms with Crippen molar-refractivity contribution >= 4 is 0 Å². The van der Waals surface area contributed by atoms with E-state index in [1.807, 2.05) is 0 Å². The molecule has 1 rings (SSSR count). The molecule has 2 nitrogen and oxygen atoms in total. The van der Waals surface area contributed by atoms with Gasteiger partial charge in [0.15, 0.2) is 0 Å². The highest BCUT2D eigenvalue weighted by Gasteiger charge is 2.06. The third-order valence-corrected chi connectivity index (χ3v) is 2.58. The standard InChI is InChI=1S/C13H21NO/c1-10(7-8-14)9-15-13-11(2)5-4-6-12(13)3/h4-6,10H,7-9,14H2,1-3H3. The van der Waals surface area contributed by atoms with Crippen molar-refractivity contribution in [3.63, 3.8) is 0 Å². The summed E-state index contributed by atoms with van der Waals surface area (Å²) in [5.74, 6) is 1.55. The van der Waals surface area contributed by atoms with E-state index in [1.165, 1.54) is 11.1 Å². The van der Waals surface area contributed by atoms with Gasteiger partial charge in [-0.3, -0.25) is 0 Å². The second-order valence-corrected chi connectivity index (χ2v) is 4.21. The van der Waals surface area contributed by atoms with Gasteiger partial charge in [0.2, 0.25) is 0 Å². The quantitative estimate of drug-likeness (QED) is 0.805. The van der Waals surface area contributed by atoms with Crippen LogP contribution in [0.1, 0.15) is 24.5 Å². The van der Waals surface area contributed by atoms with E-state index in [0.717, 1.165) is 25.3 Å². The molecule has 0 aromatic heterocycles. The predicted molar refractivity (Wildman–Crippen MR) is 64.2 cm³/mol. The van der Waals surface area contributed by atoms with Gasteiger partial charge in [0, 0.05) is 0 Å².